The van der Waals surface area contributed by atoms with Crippen LogP contribution >= 0.6 is 0 Å². The number of aryl methyl sites for hydroxylation is 2. The standard InChI is InChI=1S/C30H30N2O4/c1-21-15-22(2)17-26(16-21)35-13-6-14-36-28-10-9-23(19-29(28)34-3)18-25(20-31)30(33)32-12-11-24-7-4-5-8-27(24)32/h4-5,7-10,15-19H,6,11-14H2,1-3H3. The van der Waals surface area contributed by atoms with Gasteiger partial charge < -0.3 is 19.1 Å². The minimum absolute atomic E-state index is 0.0750. The number of hydrogen-bond acceptors (Lipinski definition) is 5. The Morgan fingerprint density at radius 3 is 2.50 bits per heavy atom. The predicted octanol–water partition coefficient (Wildman–Crippen LogP) is 5.66. The molecule has 3 aromatic carbocycles. The number of para-hydroxylation sites is 1. The van der Waals surface area contributed by atoms with Crippen molar-refractivity contribution in [1.29, 1.82) is 5.26 Å². The summed E-state index contributed by atoms with van der Waals surface area (Å²) in [5.74, 6) is 1.70. The summed E-state index contributed by atoms with van der Waals surface area (Å²) in [4.78, 5) is 14.7. The number of methoxy groups -OCH3 is 1. The summed E-state index contributed by atoms with van der Waals surface area (Å²) in [7, 11) is 1.57. The average Bonchev–Trinajstić information content (AvgIpc) is 3.31. The highest BCUT2D eigenvalue weighted by Gasteiger charge is 2.26. The Bertz CT molecular complexity index is 1300. The van der Waals surface area contributed by atoms with Gasteiger partial charge in [0, 0.05) is 18.7 Å². The second-order valence-electron chi connectivity index (χ2n) is 8.79. The zero-order valence-corrected chi connectivity index (χ0v) is 20.9. The fourth-order valence-corrected chi connectivity index (χ4v) is 4.34. The number of carbonyl (C=O) groups excluding carboxylic acids is 1. The summed E-state index contributed by atoms with van der Waals surface area (Å²) >= 11 is 0. The molecule has 3 aromatic rings. The Balaban J connectivity index is 1.37. The van der Waals surface area contributed by atoms with Gasteiger partial charge in [-0.15, -0.1) is 0 Å². The van der Waals surface area contributed by atoms with Crippen LogP contribution in [0, 0.1) is 25.2 Å². The van der Waals surface area contributed by atoms with Gasteiger partial charge in [-0.25, -0.2) is 0 Å². The van der Waals surface area contributed by atoms with Crippen LogP contribution in [0.15, 0.2) is 66.2 Å². The SMILES string of the molecule is COc1cc(C=C(C#N)C(=O)N2CCc3ccccc32)ccc1OCCCOc1cc(C)cc(C)c1. The Labute approximate surface area is 212 Å². The van der Waals surface area contributed by atoms with Gasteiger partial charge >= 0.3 is 0 Å². The second-order valence-corrected chi connectivity index (χ2v) is 8.79. The lowest BCUT2D eigenvalue weighted by Crippen LogP contribution is -2.29. The van der Waals surface area contributed by atoms with E-state index in [-0.39, 0.29) is 11.5 Å². The van der Waals surface area contributed by atoms with Crippen molar-refractivity contribution >= 4 is 17.7 Å². The highest BCUT2D eigenvalue weighted by atomic mass is 16.5. The van der Waals surface area contributed by atoms with Crippen molar-refractivity contribution in [3.63, 3.8) is 0 Å². The van der Waals surface area contributed by atoms with E-state index < -0.39 is 0 Å². The maximum atomic E-state index is 13.1. The third kappa shape index (κ3) is 5.87. The lowest BCUT2D eigenvalue weighted by atomic mass is 10.1. The number of anilines is 1. The number of ether oxygens (including phenoxy) is 3. The molecule has 0 spiro atoms. The quantitative estimate of drug-likeness (QED) is 0.224. The van der Waals surface area contributed by atoms with Crippen LogP contribution in [0.3, 0.4) is 0 Å². The third-order valence-electron chi connectivity index (χ3n) is 5.99. The predicted molar refractivity (Wildman–Crippen MR) is 141 cm³/mol. The van der Waals surface area contributed by atoms with Crippen LogP contribution in [0.25, 0.3) is 6.08 Å². The maximum Gasteiger partial charge on any atom is 0.268 e. The fourth-order valence-electron chi connectivity index (χ4n) is 4.34. The molecule has 1 heterocycles. The Kier molecular flexibility index (Phi) is 7.92. The van der Waals surface area contributed by atoms with E-state index in [1.165, 1.54) is 11.1 Å². The molecule has 0 N–H and O–H groups in total. The van der Waals surface area contributed by atoms with Gasteiger partial charge in [0.05, 0.1) is 20.3 Å². The molecule has 184 valence electrons. The molecule has 0 aromatic heterocycles. The molecule has 0 fully saturated rings. The van der Waals surface area contributed by atoms with E-state index >= 15 is 0 Å². The van der Waals surface area contributed by atoms with E-state index in [1.807, 2.05) is 42.5 Å². The molecule has 1 amide bonds. The zero-order valence-electron chi connectivity index (χ0n) is 20.9. The number of hydrogen-bond donors (Lipinski definition) is 0. The summed E-state index contributed by atoms with van der Waals surface area (Å²) in [6.07, 6.45) is 3.09. The van der Waals surface area contributed by atoms with Gasteiger partial charge in [0.15, 0.2) is 11.5 Å². The largest absolute Gasteiger partial charge is 0.493 e. The first-order chi connectivity index (χ1) is 17.5. The molecular weight excluding hydrogens is 452 g/mol. The first-order valence-electron chi connectivity index (χ1n) is 12.0. The first-order valence-corrected chi connectivity index (χ1v) is 12.0. The van der Waals surface area contributed by atoms with Crippen molar-refractivity contribution < 1.29 is 19.0 Å². The molecule has 36 heavy (non-hydrogen) atoms. The lowest BCUT2D eigenvalue weighted by Gasteiger charge is -2.16. The third-order valence-corrected chi connectivity index (χ3v) is 5.99. The molecule has 1 aliphatic rings. The number of nitriles is 1. The Hall–Kier alpha value is -4.24. The zero-order chi connectivity index (χ0) is 25.5. The van der Waals surface area contributed by atoms with E-state index in [4.69, 9.17) is 14.2 Å². The van der Waals surface area contributed by atoms with Gasteiger partial charge in [-0.2, -0.15) is 5.26 Å². The Morgan fingerprint density at radius 1 is 1.00 bits per heavy atom. The minimum atomic E-state index is -0.300. The molecule has 0 bridgehead atoms. The van der Waals surface area contributed by atoms with Crippen molar-refractivity contribution in [3.8, 4) is 23.3 Å². The Morgan fingerprint density at radius 2 is 1.75 bits per heavy atom. The van der Waals surface area contributed by atoms with Gasteiger partial charge in [0.1, 0.15) is 17.4 Å². The van der Waals surface area contributed by atoms with Crippen molar-refractivity contribution in [1.82, 2.24) is 0 Å². The first kappa shape index (κ1) is 24.9. The molecule has 0 atom stereocenters. The second kappa shape index (κ2) is 11.5. The molecule has 6 nitrogen and oxygen atoms in total. The van der Waals surface area contributed by atoms with E-state index in [2.05, 4.69) is 26.0 Å². The summed E-state index contributed by atoms with van der Waals surface area (Å²) in [5.41, 5.74) is 5.09. The van der Waals surface area contributed by atoms with Crippen LogP contribution in [0.2, 0.25) is 0 Å². The molecule has 4 rings (SSSR count). The van der Waals surface area contributed by atoms with Crippen molar-refractivity contribution in [3.05, 3.63) is 88.5 Å². The van der Waals surface area contributed by atoms with Crippen LogP contribution in [0.5, 0.6) is 17.2 Å². The number of nitrogens with zero attached hydrogens (tertiary/aromatic N) is 2. The highest BCUT2D eigenvalue weighted by molar-refractivity contribution is 6.12. The van der Waals surface area contributed by atoms with Crippen LogP contribution < -0.4 is 19.1 Å². The monoisotopic (exact) mass is 482 g/mol. The minimum Gasteiger partial charge on any atom is -0.493 e. The molecule has 0 unspecified atom stereocenters. The fraction of sp³-hybridized carbons (Fsp3) is 0.267. The van der Waals surface area contributed by atoms with Crippen LogP contribution in [0.4, 0.5) is 5.69 Å². The van der Waals surface area contributed by atoms with Crippen molar-refractivity contribution in [2.45, 2.75) is 26.7 Å². The average molecular weight is 483 g/mol. The molecule has 0 radical (unpaired) electrons. The van der Waals surface area contributed by atoms with Crippen LogP contribution in [0.1, 0.15) is 28.7 Å². The van der Waals surface area contributed by atoms with Crippen molar-refractivity contribution in [2.75, 3.05) is 31.8 Å². The van der Waals surface area contributed by atoms with E-state index in [9.17, 15) is 10.1 Å². The smallest absolute Gasteiger partial charge is 0.268 e. The number of carbonyl (C=O) groups is 1. The molecule has 6 heteroatoms. The molecule has 0 aliphatic carbocycles. The van der Waals surface area contributed by atoms with E-state index in [0.29, 0.717) is 43.2 Å². The molecular formula is C30H30N2O4. The summed E-state index contributed by atoms with van der Waals surface area (Å²) in [5, 5.41) is 9.69. The lowest BCUT2D eigenvalue weighted by molar-refractivity contribution is -0.114. The van der Waals surface area contributed by atoms with Gasteiger partial charge in [-0.1, -0.05) is 30.3 Å². The van der Waals surface area contributed by atoms with E-state index in [0.717, 1.165) is 23.4 Å². The summed E-state index contributed by atoms with van der Waals surface area (Å²) < 4.78 is 17.2. The number of benzene rings is 3. The summed E-state index contributed by atoms with van der Waals surface area (Å²) in [6.45, 7) is 5.68. The highest BCUT2D eigenvalue weighted by Crippen LogP contribution is 2.31. The summed E-state index contributed by atoms with van der Waals surface area (Å²) in [6, 6.07) is 21.4. The maximum absolute atomic E-state index is 13.1. The van der Waals surface area contributed by atoms with Gasteiger partial charge in [0.2, 0.25) is 0 Å². The van der Waals surface area contributed by atoms with Crippen molar-refractivity contribution in [2.24, 2.45) is 0 Å². The van der Waals surface area contributed by atoms with Gasteiger partial charge in [-0.3, -0.25) is 4.79 Å². The van der Waals surface area contributed by atoms with Crippen LogP contribution in [-0.2, 0) is 11.2 Å². The van der Waals surface area contributed by atoms with Gasteiger partial charge in [0.25, 0.3) is 5.91 Å². The molecule has 1 aliphatic heterocycles. The molecule has 0 saturated carbocycles. The number of fused-ring (bicyclic) bond motifs is 1. The molecule has 0 saturated heterocycles. The van der Waals surface area contributed by atoms with Gasteiger partial charge in [-0.05, 0) is 78.9 Å². The normalized spacial score (nSPS) is 12.6. The number of rotatable bonds is 9. The topological polar surface area (TPSA) is 71.8 Å². The van der Waals surface area contributed by atoms with E-state index in [1.54, 1.807) is 30.2 Å². The van der Waals surface area contributed by atoms with Crippen LogP contribution in [-0.4, -0.2) is 32.8 Å². The number of amides is 1.